The van der Waals surface area contributed by atoms with Crippen LogP contribution in [0.25, 0.3) is 0 Å². The highest BCUT2D eigenvalue weighted by Crippen LogP contribution is 2.26. The lowest BCUT2D eigenvalue weighted by Crippen LogP contribution is -2.26. The largest absolute Gasteiger partial charge is 0.495 e. The Hall–Kier alpha value is -3.32. The first-order valence-corrected chi connectivity index (χ1v) is 10.4. The summed E-state index contributed by atoms with van der Waals surface area (Å²) in [5.74, 6) is 0.253. The number of amides is 1. The summed E-state index contributed by atoms with van der Waals surface area (Å²) >= 11 is 0. The molecule has 3 aromatic carbocycles. The third kappa shape index (κ3) is 4.41. The van der Waals surface area contributed by atoms with Gasteiger partial charge in [0.15, 0.2) is 0 Å². The maximum Gasteiger partial charge on any atom is 0.264 e. The van der Waals surface area contributed by atoms with Crippen molar-refractivity contribution in [2.45, 2.75) is 11.8 Å². The van der Waals surface area contributed by atoms with Crippen LogP contribution < -0.4 is 14.4 Å². The van der Waals surface area contributed by atoms with E-state index in [9.17, 15) is 13.2 Å². The monoisotopic (exact) mass is 410 g/mol. The molecule has 0 spiro atoms. The minimum atomic E-state index is -3.67. The predicted octanol–water partition coefficient (Wildman–Crippen LogP) is 4.08. The molecule has 0 aliphatic heterocycles. The lowest BCUT2D eigenvalue weighted by molar-refractivity contribution is 0.102. The zero-order valence-electron chi connectivity index (χ0n) is 16.4. The van der Waals surface area contributed by atoms with Gasteiger partial charge in [-0.05, 0) is 61.0 Å². The molecule has 7 heteroatoms. The Morgan fingerprint density at radius 2 is 1.62 bits per heavy atom. The number of hydrogen-bond acceptors (Lipinski definition) is 4. The van der Waals surface area contributed by atoms with Crippen molar-refractivity contribution in [2.75, 3.05) is 23.8 Å². The Kier molecular flexibility index (Phi) is 5.89. The molecular weight excluding hydrogens is 388 g/mol. The second-order valence-electron chi connectivity index (χ2n) is 6.49. The number of sulfonamides is 1. The standard InChI is InChI=1S/C22H22N2O4S/c1-16-9-14-21(28-3)20(15-16)23-22(25)17-10-12-18(13-11-17)24(2)29(26,27)19-7-5-4-6-8-19/h4-15H,1-3H3,(H,23,25). The molecule has 150 valence electrons. The smallest absolute Gasteiger partial charge is 0.264 e. The number of hydrogen-bond donors (Lipinski definition) is 1. The average Bonchev–Trinajstić information content (AvgIpc) is 2.74. The SMILES string of the molecule is COc1ccc(C)cc1NC(=O)c1ccc(N(C)S(=O)(=O)c2ccccc2)cc1. The van der Waals surface area contributed by atoms with Crippen LogP contribution in [0.1, 0.15) is 15.9 Å². The van der Waals surface area contributed by atoms with Crippen LogP contribution in [0.4, 0.5) is 11.4 Å². The number of carbonyl (C=O) groups is 1. The third-order valence-electron chi connectivity index (χ3n) is 4.50. The molecule has 1 N–H and O–H groups in total. The van der Waals surface area contributed by atoms with E-state index in [0.29, 0.717) is 22.7 Å². The van der Waals surface area contributed by atoms with E-state index < -0.39 is 10.0 Å². The molecule has 0 aromatic heterocycles. The van der Waals surface area contributed by atoms with Crippen LogP contribution in [0.3, 0.4) is 0 Å². The molecule has 0 atom stereocenters. The van der Waals surface area contributed by atoms with Gasteiger partial charge in [0.1, 0.15) is 5.75 Å². The van der Waals surface area contributed by atoms with Gasteiger partial charge in [-0.15, -0.1) is 0 Å². The Bertz CT molecular complexity index is 1110. The highest BCUT2D eigenvalue weighted by Gasteiger charge is 2.21. The van der Waals surface area contributed by atoms with Gasteiger partial charge < -0.3 is 10.1 Å². The summed E-state index contributed by atoms with van der Waals surface area (Å²) in [6.07, 6.45) is 0. The number of methoxy groups -OCH3 is 1. The quantitative estimate of drug-likeness (QED) is 0.664. The van der Waals surface area contributed by atoms with Gasteiger partial charge in [-0.1, -0.05) is 24.3 Å². The Balaban J connectivity index is 1.80. The van der Waals surface area contributed by atoms with Gasteiger partial charge in [0.2, 0.25) is 0 Å². The van der Waals surface area contributed by atoms with Crippen molar-refractivity contribution in [1.82, 2.24) is 0 Å². The van der Waals surface area contributed by atoms with E-state index in [-0.39, 0.29) is 10.8 Å². The normalized spacial score (nSPS) is 11.0. The van der Waals surface area contributed by atoms with Crippen molar-refractivity contribution in [3.8, 4) is 5.75 Å². The van der Waals surface area contributed by atoms with Crippen LogP contribution in [-0.2, 0) is 10.0 Å². The predicted molar refractivity (Wildman–Crippen MR) is 114 cm³/mol. The van der Waals surface area contributed by atoms with Crippen LogP contribution in [0.15, 0.2) is 77.7 Å². The van der Waals surface area contributed by atoms with Gasteiger partial charge in [-0.2, -0.15) is 0 Å². The summed E-state index contributed by atoms with van der Waals surface area (Å²) in [5.41, 5.74) is 2.43. The summed E-state index contributed by atoms with van der Waals surface area (Å²) in [7, 11) is -0.650. The molecular formula is C22H22N2O4S. The first-order valence-electron chi connectivity index (χ1n) is 8.93. The number of nitrogens with zero attached hydrogens (tertiary/aromatic N) is 1. The number of ether oxygens (including phenoxy) is 1. The fourth-order valence-corrected chi connectivity index (χ4v) is 4.04. The zero-order chi connectivity index (χ0) is 21.0. The van der Waals surface area contributed by atoms with Crippen molar-refractivity contribution in [3.63, 3.8) is 0 Å². The van der Waals surface area contributed by atoms with Gasteiger partial charge in [-0.3, -0.25) is 9.10 Å². The molecule has 0 fully saturated rings. The number of rotatable bonds is 6. The molecule has 0 saturated carbocycles. The second kappa shape index (κ2) is 8.36. The van der Waals surface area contributed by atoms with Crippen molar-refractivity contribution in [2.24, 2.45) is 0 Å². The molecule has 3 aromatic rings. The van der Waals surface area contributed by atoms with E-state index >= 15 is 0 Å². The van der Waals surface area contributed by atoms with Crippen LogP contribution in [-0.4, -0.2) is 28.5 Å². The number of anilines is 2. The number of benzene rings is 3. The van der Waals surface area contributed by atoms with Crippen molar-refractivity contribution < 1.29 is 17.9 Å². The van der Waals surface area contributed by atoms with Crippen molar-refractivity contribution in [3.05, 3.63) is 83.9 Å². The number of carbonyl (C=O) groups excluding carboxylic acids is 1. The van der Waals surface area contributed by atoms with Gasteiger partial charge in [0, 0.05) is 12.6 Å². The summed E-state index contributed by atoms with van der Waals surface area (Å²) in [6, 6.07) is 20.1. The van der Waals surface area contributed by atoms with Gasteiger partial charge in [0.05, 0.1) is 23.4 Å². The number of nitrogens with one attached hydrogen (secondary N) is 1. The average molecular weight is 410 g/mol. The van der Waals surface area contributed by atoms with Crippen molar-refractivity contribution in [1.29, 1.82) is 0 Å². The molecule has 0 aliphatic rings. The molecule has 0 heterocycles. The topological polar surface area (TPSA) is 75.7 Å². The van der Waals surface area contributed by atoms with E-state index in [0.717, 1.165) is 5.56 Å². The van der Waals surface area contributed by atoms with E-state index in [2.05, 4.69) is 5.32 Å². The zero-order valence-corrected chi connectivity index (χ0v) is 17.2. The summed E-state index contributed by atoms with van der Waals surface area (Å²) in [6.45, 7) is 1.92. The molecule has 0 saturated heterocycles. The number of aryl methyl sites for hydroxylation is 1. The lowest BCUT2D eigenvalue weighted by atomic mass is 10.1. The highest BCUT2D eigenvalue weighted by molar-refractivity contribution is 7.92. The fraction of sp³-hybridized carbons (Fsp3) is 0.136. The second-order valence-corrected chi connectivity index (χ2v) is 8.46. The first kappa shape index (κ1) is 20.4. The molecule has 29 heavy (non-hydrogen) atoms. The summed E-state index contributed by atoms with van der Waals surface area (Å²) in [4.78, 5) is 12.8. The maximum atomic E-state index is 12.7. The molecule has 1 amide bonds. The Labute approximate surface area is 170 Å². The van der Waals surface area contributed by atoms with Gasteiger partial charge >= 0.3 is 0 Å². The molecule has 0 radical (unpaired) electrons. The van der Waals surface area contributed by atoms with E-state index in [1.54, 1.807) is 60.7 Å². The van der Waals surface area contributed by atoms with Gasteiger partial charge in [-0.25, -0.2) is 8.42 Å². The molecule has 0 aliphatic carbocycles. The first-order chi connectivity index (χ1) is 13.8. The molecule has 0 bridgehead atoms. The van der Waals surface area contributed by atoms with Gasteiger partial charge in [0.25, 0.3) is 15.9 Å². The van der Waals surface area contributed by atoms with Crippen molar-refractivity contribution >= 4 is 27.3 Å². The molecule has 0 unspecified atom stereocenters. The minimum Gasteiger partial charge on any atom is -0.495 e. The molecule has 3 rings (SSSR count). The highest BCUT2D eigenvalue weighted by atomic mass is 32.2. The molecule has 6 nitrogen and oxygen atoms in total. The van der Waals surface area contributed by atoms with E-state index in [1.807, 2.05) is 19.1 Å². The fourth-order valence-electron chi connectivity index (χ4n) is 2.83. The van der Waals surface area contributed by atoms with Crippen LogP contribution in [0.5, 0.6) is 5.75 Å². The lowest BCUT2D eigenvalue weighted by Gasteiger charge is -2.19. The summed E-state index contributed by atoms with van der Waals surface area (Å²) in [5, 5.41) is 2.83. The maximum absolute atomic E-state index is 12.7. The summed E-state index contributed by atoms with van der Waals surface area (Å²) < 4.78 is 31.9. The van der Waals surface area contributed by atoms with Crippen LogP contribution in [0, 0.1) is 6.92 Å². The minimum absolute atomic E-state index is 0.205. The van der Waals surface area contributed by atoms with Crippen LogP contribution >= 0.6 is 0 Å². The third-order valence-corrected chi connectivity index (χ3v) is 6.30. The van der Waals surface area contributed by atoms with E-state index in [4.69, 9.17) is 4.74 Å². The Morgan fingerprint density at radius 3 is 2.24 bits per heavy atom. The van der Waals surface area contributed by atoms with E-state index in [1.165, 1.54) is 18.5 Å². The van der Waals surface area contributed by atoms with Crippen LogP contribution in [0.2, 0.25) is 0 Å². The Morgan fingerprint density at radius 1 is 0.966 bits per heavy atom.